The Kier molecular flexibility index (Phi) is 3.95. The van der Waals surface area contributed by atoms with E-state index in [1.807, 2.05) is 53.2 Å². The van der Waals surface area contributed by atoms with Crippen LogP contribution in [-0.2, 0) is 0 Å². The van der Waals surface area contributed by atoms with Crippen molar-refractivity contribution in [2.45, 2.75) is 0 Å². The van der Waals surface area contributed by atoms with Crippen molar-refractivity contribution in [1.82, 2.24) is 19.6 Å². The van der Waals surface area contributed by atoms with Crippen LogP contribution < -0.4 is 15.5 Å². The second-order valence-corrected chi connectivity index (χ2v) is 6.67. The van der Waals surface area contributed by atoms with Crippen LogP contribution in [0.3, 0.4) is 0 Å². The summed E-state index contributed by atoms with van der Waals surface area (Å²) in [6.45, 7) is 2.60. The maximum atomic E-state index is 12.4. The Hall–Kier alpha value is -2.41. The van der Waals surface area contributed by atoms with Gasteiger partial charge in [-0.25, -0.2) is 9.48 Å². The maximum absolute atomic E-state index is 12.4. The molecule has 0 saturated carbocycles. The molecule has 2 aromatic carbocycles. The minimum atomic E-state index is -0.379. The van der Waals surface area contributed by atoms with Crippen molar-refractivity contribution >= 4 is 34.4 Å². The second kappa shape index (κ2) is 6.15. The van der Waals surface area contributed by atoms with E-state index in [2.05, 4.69) is 5.32 Å². The molecule has 0 spiro atoms. The molecule has 3 N–H and O–H groups in total. The molecule has 3 aromatic rings. The van der Waals surface area contributed by atoms with Gasteiger partial charge in [-0.1, -0.05) is 29.8 Å². The Bertz CT molecular complexity index is 931. The lowest BCUT2D eigenvalue weighted by Gasteiger charge is -2.35. The number of fused-ring (bicyclic) bond motifs is 1. The Morgan fingerprint density at radius 1 is 1.16 bits per heavy atom. The summed E-state index contributed by atoms with van der Waals surface area (Å²) in [7, 11) is 0. The van der Waals surface area contributed by atoms with Crippen LogP contribution in [0.2, 0.25) is 5.02 Å². The average Bonchev–Trinajstić information content (AvgIpc) is 3.02. The minimum Gasteiger partial charge on any atom is -0.319 e. The predicted octanol–water partition coefficient (Wildman–Crippen LogP) is 2.67. The zero-order valence-electron chi connectivity index (χ0n) is 13.7. The fraction of sp³-hybridized carbons (Fsp3) is 0.222. The monoisotopic (exact) mass is 356 g/mol. The number of halogens is 1. The molecule has 25 heavy (non-hydrogen) atoms. The lowest BCUT2D eigenvalue weighted by atomic mass is 10.2. The molecular weight excluding hydrogens is 338 g/mol. The summed E-state index contributed by atoms with van der Waals surface area (Å²) in [5, 5.41) is 9.62. The molecule has 6 nitrogen and oxygen atoms in total. The van der Waals surface area contributed by atoms with Gasteiger partial charge in [0.15, 0.2) is 0 Å². The van der Waals surface area contributed by atoms with E-state index in [0.717, 1.165) is 29.7 Å². The topological polar surface area (TPSA) is 72.9 Å². The van der Waals surface area contributed by atoms with Gasteiger partial charge in [-0.2, -0.15) is 4.48 Å². The number of benzene rings is 2. The van der Waals surface area contributed by atoms with Crippen molar-refractivity contribution in [3.8, 4) is 5.69 Å². The molecule has 0 aliphatic carbocycles. The van der Waals surface area contributed by atoms with Gasteiger partial charge >= 0.3 is 6.03 Å². The summed E-state index contributed by atoms with van der Waals surface area (Å²) in [6, 6.07) is 15.1. The summed E-state index contributed by atoms with van der Waals surface area (Å²) in [5.74, 6) is 0.685. The highest BCUT2D eigenvalue weighted by Gasteiger charge is 2.43. The highest BCUT2D eigenvalue weighted by atomic mass is 35.5. The van der Waals surface area contributed by atoms with E-state index in [4.69, 9.17) is 22.4 Å². The summed E-state index contributed by atoms with van der Waals surface area (Å²) < 4.78 is 1.88. The van der Waals surface area contributed by atoms with Crippen molar-refractivity contribution in [2.75, 3.05) is 26.2 Å². The van der Waals surface area contributed by atoms with Gasteiger partial charge in [0, 0.05) is 18.1 Å². The van der Waals surface area contributed by atoms with E-state index < -0.39 is 0 Å². The van der Waals surface area contributed by atoms with Gasteiger partial charge < -0.3 is 11.1 Å². The number of urea groups is 1. The first-order valence-electron chi connectivity index (χ1n) is 8.24. The van der Waals surface area contributed by atoms with E-state index in [-0.39, 0.29) is 10.5 Å². The van der Waals surface area contributed by atoms with Gasteiger partial charge in [0.25, 0.3) is 5.82 Å². The van der Waals surface area contributed by atoms with E-state index in [9.17, 15) is 4.79 Å². The summed E-state index contributed by atoms with van der Waals surface area (Å²) in [5.41, 5.74) is 7.62. The Balaban J connectivity index is 2.00. The first-order chi connectivity index (χ1) is 12.1. The van der Waals surface area contributed by atoms with E-state index >= 15 is 0 Å². The molecule has 1 fully saturated rings. The van der Waals surface area contributed by atoms with Crippen LogP contribution >= 0.6 is 11.6 Å². The number of para-hydroxylation sites is 1. The van der Waals surface area contributed by atoms with Crippen LogP contribution in [0.15, 0.2) is 48.5 Å². The van der Waals surface area contributed by atoms with E-state index in [1.54, 1.807) is 0 Å². The van der Waals surface area contributed by atoms with Crippen molar-refractivity contribution in [3.63, 3.8) is 0 Å². The third-order valence-corrected chi connectivity index (χ3v) is 5.03. The summed E-state index contributed by atoms with van der Waals surface area (Å²) >= 11 is 6.22. The molecule has 128 valence electrons. The molecule has 1 aliphatic heterocycles. The van der Waals surface area contributed by atoms with Gasteiger partial charge in [0.05, 0.1) is 16.6 Å². The number of nitrogens with two attached hydrogens (primary N) is 1. The van der Waals surface area contributed by atoms with Gasteiger partial charge in [0.2, 0.25) is 0 Å². The predicted molar refractivity (Wildman–Crippen MR) is 100 cm³/mol. The van der Waals surface area contributed by atoms with Gasteiger partial charge in [-0.05, 0) is 30.3 Å². The highest BCUT2D eigenvalue weighted by molar-refractivity contribution is 6.31. The standard InChI is InChI=1S/C18H18ClN5O/c19-13-6-7-15-16(12-13)23(14-4-2-1-3-5-14)22-17(15)24(18(20)25)10-8-21-9-11-24/h1-7,12,21H,8-11H2,(H-,20,25)/p+1. The number of hydrogen-bond donors (Lipinski definition) is 2. The minimum absolute atomic E-state index is 0.0466. The number of piperazine rings is 1. The Morgan fingerprint density at radius 2 is 1.88 bits per heavy atom. The van der Waals surface area contributed by atoms with Gasteiger partial charge in [-0.3, -0.25) is 0 Å². The lowest BCUT2D eigenvalue weighted by molar-refractivity contribution is 0.198. The molecule has 2 amide bonds. The number of nitrogens with one attached hydrogen (secondary N) is 1. The zero-order valence-corrected chi connectivity index (χ0v) is 14.4. The van der Waals surface area contributed by atoms with Gasteiger partial charge in [-0.15, -0.1) is 5.10 Å². The molecular formula is C18H19ClN5O+. The first kappa shape index (κ1) is 16.1. The quantitative estimate of drug-likeness (QED) is 0.693. The number of carbonyl (C=O) groups excluding carboxylic acids is 1. The summed E-state index contributed by atoms with van der Waals surface area (Å²) in [4.78, 5) is 12.4. The van der Waals surface area contributed by atoms with Crippen LogP contribution in [0.25, 0.3) is 16.6 Å². The normalized spacial score (nSPS) is 16.8. The Labute approximate surface area is 150 Å². The molecule has 1 aliphatic rings. The molecule has 7 heteroatoms. The highest BCUT2D eigenvalue weighted by Crippen LogP contribution is 2.34. The van der Waals surface area contributed by atoms with Crippen molar-refractivity contribution in [1.29, 1.82) is 0 Å². The number of hydrogen-bond acceptors (Lipinski definition) is 3. The third-order valence-electron chi connectivity index (χ3n) is 4.79. The smallest absolute Gasteiger partial charge is 0.319 e. The van der Waals surface area contributed by atoms with Crippen molar-refractivity contribution in [2.24, 2.45) is 5.73 Å². The van der Waals surface area contributed by atoms with Crippen molar-refractivity contribution in [3.05, 3.63) is 53.6 Å². The molecule has 0 bridgehead atoms. The number of carbonyl (C=O) groups is 1. The number of primary amides is 1. The molecule has 0 atom stereocenters. The fourth-order valence-corrected chi connectivity index (χ4v) is 3.63. The largest absolute Gasteiger partial charge is 0.420 e. The number of rotatable bonds is 2. The Morgan fingerprint density at radius 3 is 2.56 bits per heavy atom. The molecule has 0 unspecified atom stereocenters. The van der Waals surface area contributed by atoms with E-state index in [0.29, 0.717) is 23.9 Å². The molecule has 1 aromatic heterocycles. The van der Waals surface area contributed by atoms with E-state index in [1.165, 1.54) is 0 Å². The molecule has 2 heterocycles. The number of quaternary nitrogens is 1. The SMILES string of the molecule is NC(=O)[N+]1(c2nn(-c3ccccc3)c3cc(Cl)ccc23)CCNCC1. The molecule has 1 saturated heterocycles. The first-order valence-corrected chi connectivity index (χ1v) is 8.62. The molecule has 0 radical (unpaired) electrons. The number of nitrogens with zero attached hydrogens (tertiary/aromatic N) is 3. The van der Waals surface area contributed by atoms with Crippen LogP contribution in [0.4, 0.5) is 10.6 Å². The van der Waals surface area contributed by atoms with Crippen LogP contribution in [0.1, 0.15) is 0 Å². The average molecular weight is 357 g/mol. The van der Waals surface area contributed by atoms with Crippen LogP contribution in [-0.4, -0.2) is 42.0 Å². The second-order valence-electron chi connectivity index (χ2n) is 6.24. The van der Waals surface area contributed by atoms with Crippen molar-refractivity contribution < 1.29 is 4.79 Å². The fourth-order valence-electron chi connectivity index (χ4n) is 3.47. The number of aromatic nitrogens is 2. The maximum Gasteiger partial charge on any atom is 0.420 e. The van der Waals surface area contributed by atoms with Crippen LogP contribution in [0.5, 0.6) is 0 Å². The van der Waals surface area contributed by atoms with Crippen LogP contribution in [0, 0.1) is 0 Å². The third kappa shape index (κ3) is 2.59. The number of amides is 2. The summed E-state index contributed by atoms with van der Waals surface area (Å²) in [6.07, 6.45) is 0. The zero-order chi connectivity index (χ0) is 17.4. The molecule has 4 rings (SSSR count). The van der Waals surface area contributed by atoms with Gasteiger partial charge in [0.1, 0.15) is 13.1 Å². The lowest BCUT2D eigenvalue weighted by Crippen LogP contribution is -2.65.